The molecule has 0 amide bonds. The molecule has 1 atom stereocenters. The van der Waals surface area contributed by atoms with Crippen molar-refractivity contribution in [2.45, 2.75) is 25.5 Å². The van der Waals surface area contributed by atoms with Gasteiger partial charge in [-0.15, -0.1) is 10.1 Å². The van der Waals surface area contributed by atoms with Crippen LogP contribution in [-0.2, 0) is 11.3 Å². The van der Waals surface area contributed by atoms with Crippen LogP contribution in [0.3, 0.4) is 0 Å². The van der Waals surface area contributed by atoms with E-state index in [1.165, 1.54) is 12.8 Å². The standard InChI is InChI=1S/C15H19N7O/c1-2-17-15(23-12-10-21-6-3-11(12)4-7-21)19-14-18-13-9-16-5-8-22(13)20-14/h1,5,8,11-12,16H,3-4,6-7,9-10H2,(H,17,19,20)/t12-/m0/s1. The van der Waals surface area contributed by atoms with Crippen LogP contribution < -0.4 is 10.6 Å². The first kappa shape index (κ1) is 14.1. The molecule has 8 nitrogen and oxygen atoms in total. The minimum Gasteiger partial charge on any atom is -0.459 e. The monoisotopic (exact) mass is 313 g/mol. The summed E-state index contributed by atoms with van der Waals surface area (Å²) in [6.07, 6.45) is 11.4. The van der Waals surface area contributed by atoms with Crippen LogP contribution in [0, 0.1) is 18.4 Å². The Hall–Kier alpha value is -2.53. The Labute approximate surface area is 134 Å². The van der Waals surface area contributed by atoms with Gasteiger partial charge in [0.15, 0.2) is 5.82 Å². The lowest BCUT2D eigenvalue weighted by atomic mass is 9.86. The molecule has 0 radical (unpaired) electrons. The van der Waals surface area contributed by atoms with Crippen LogP contribution in [0.5, 0.6) is 0 Å². The second-order valence-corrected chi connectivity index (χ2v) is 5.96. The summed E-state index contributed by atoms with van der Waals surface area (Å²) in [7, 11) is 0. The SMILES string of the molecule is C#CN=C(Nc1nc2n(n1)C=CNC2)O[C@H]1CN2CCC1CC2. The molecule has 5 heterocycles. The summed E-state index contributed by atoms with van der Waals surface area (Å²) in [5, 5.41) is 10.4. The number of rotatable bonds is 2. The third kappa shape index (κ3) is 2.87. The third-order valence-electron chi connectivity index (χ3n) is 4.54. The predicted molar refractivity (Wildman–Crippen MR) is 86.1 cm³/mol. The summed E-state index contributed by atoms with van der Waals surface area (Å²) in [5.41, 5.74) is 0. The molecule has 120 valence electrons. The normalized spacial score (nSPS) is 28.7. The van der Waals surface area contributed by atoms with Crippen LogP contribution in [-0.4, -0.2) is 51.4 Å². The minimum absolute atomic E-state index is 0.121. The zero-order chi connectivity index (χ0) is 15.6. The van der Waals surface area contributed by atoms with Crippen molar-refractivity contribution < 1.29 is 4.74 Å². The zero-order valence-electron chi connectivity index (χ0n) is 12.8. The minimum atomic E-state index is 0.121. The van der Waals surface area contributed by atoms with E-state index in [1.54, 1.807) is 4.68 Å². The molecule has 8 heteroatoms. The Morgan fingerprint density at radius 3 is 3.04 bits per heavy atom. The molecule has 2 bridgehead atoms. The van der Waals surface area contributed by atoms with E-state index in [1.807, 2.05) is 12.4 Å². The van der Waals surface area contributed by atoms with Crippen molar-refractivity contribution in [2.75, 3.05) is 25.0 Å². The van der Waals surface area contributed by atoms with E-state index >= 15 is 0 Å². The number of aromatic nitrogens is 3. The van der Waals surface area contributed by atoms with Gasteiger partial charge in [0.1, 0.15) is 6.10 Å². The molecule has 5 rings (SSSR count). The van der Waals surface area contributed by atoms with E-state index in [0.717, 1.165) is 25.5 Å². The lowest BCUT2D eigenvalue weighted by molar-refractivity contribution is -0.0145. The molecule has 0 aliphatic carbocycles. The summed E-state index contributed by atoms with van der Waals surface area (Å²) < 4.78 is 7.74. The molecular formula is C15H19N7O. The van der Waals surface area contributed by atoms with Gasteiger partial charge in [-0.3, -0.25) is 10.2 Å². The molecule has 1 aromatic rings. The summed E-state index contributed by atoms with van der Waals surface area (Å²) in [6.45, 7) is 3.88. The molecule has 0 spiro atoms. The highest BCUT2D eigenvalue weighted by Crippen LogP contribution is 2.29. The number of piperidine rings is 3. The van der Waals surface area contributed by atoms with Gasteiger partial charge in [-0.2, -0.15) is 4.98 Å². The van der Waals surface area contributed by atoms with Gasteiger partial charge in [0.2, 0.25) is 0 Å². The molecule has 4 aliphatic heterocycles. The average Bonchev–Trinajstić information content (AvgIpc) is 2.98. The first-order valence-electron chi connectivity index (χ1n) is 7.86. The van der Waals surface area contributed by atoms with E-state index in [4.69, 9.17) is 11.2 Å². The number of hydrogen-bond acceptors (Lipinski definition) is 6. The fourth-order valence-electron chi connectivity index (χ4n) is 3.35. The Kier molecular flexibility index (Phi) is 3.63. The van der Waals surface area contributed by atoms with Crippen LogP contribution in [0.25, 0.3) is 6.20 Å². The second kappa shape index (κ2) is 5.93. The average molecular weight is 313 g/mol. The van der Waals surface area contributed by atoms with Crippen molar-refractivity contribution in [2.24, 2.45) is 10.9 Å². The molecule has 1 aromatic heterocycles. The van der Waals surface area contributed by atoms with Crippen molar-refractivity contribution in [3.63, 3.8) is 0 Å². The summed E-state index contributed by atoms with van der Waals surface area (Å²) in [6, 6.07) is 2.58. The number of hydrogen-bond donors (Lipinski definition) is 2. The first-order valence-corrected chi connectivity index (χ1v) is 7.86. The Morgan fingerprint density at radius 1 is 1.48 bits per heavy atom. The van der Waals surface area contributed by atoms with Crippen LogP contribution in [0.4, 0.5) is 5.95 Å². The number of nitrogens with zero attached hydrogens (tertiary/aromatic N) is 5. The van der Waals surface area contributed by atoms with Crippen molar-refractivity contribution >= 4 is 18.2 Å². The van der Waals surface area contributed by atoms with E-state index in [0.29, 0.717) is 24.4 Å². The highest BCUT2D eigenvalue weighted by atomic mass is 16.5. The maximum Gasteiger partial charge on any atom is 0.305 e. The molecule has 0 saturated carbocycles. The van der Waals surface area contributed by atoms with Gasteiger partial charge < -0.3 is 10.1 Å². The molecule has 0 aromatic carbocycles. The number of terminal acetylenes is 1. The molecule has 4 aliphatic rings. The van der Waals surface area contributed by atoms with Crippen molar-refractivity contribution in [1.29, 1.82) is 0 Å². The van der Waals surface area contributed by atoms with Gasteiger partial charge >= 0.3 is 6.02 Å². The highest BCUT2D eigenvalue weighted by Gasteiger charge is 2.36. The number of anilines is 1. The van der Waals surface area contributed by atoms with E-state index in [9.17, 15) is 0 Å². The summed E-state index contributed by atoms with van der Waals surface area (Å²) >= 11 is 0. The molecule has 3 saturated heterocycles. The van der Waals surface area contributed by atoms with Gasteiger partial charge in [0.05, 0.1) is 6.54 Å². The Morgan fingerprint density at radius 2 is 2.35 bits per heavy atom. The fraction of sp³-hybridized carbons (Fsp3) is 0.533. The number of fused-ring (bicyclic) bond motifs is 4. The molecule has 23 heavy (non-hydrogen) atoms. The van der Waals surface area contributed by atoms with E-state index < -0.39 is 0 Å². The van der Waals surface area contributed by atoms with Crippen molar-refractivity contribution in [1.82, 2.24) is 25.0 Å². The fourth-order valence-corrected chi connectivity index (χ4v) is 3.35. The smallest absolute Gasteiger partial charge is 0.305 e. The van der Waals surface area contributed by atoms with E-state index in [-0.39, 0.29) is 6.10 Å². The predicted octanol–water partition coefficient (Wildman–Crippen LogP) is 0.279. The number of amidine groups is 1. The second-order valence-electron chi connectivity index (χ2n) is 5.96. The van der Waals surface area contributed by atoms with Gasteiger partial charge in [-0.1, -0.05) is 6.42 Å². The quantitative estimate of drug-likeness (QED) is 0.464. The number of aliphatic imine (C=N–C) groups is 1. The van der Waals surface area contributed by atoms with Crippen LogP contribution in [0.1, 0.15) is 18.7 Å². The Balaban J connectivity index is 1.46. The zero-order valence-corrected chi connectivity index (χ0v) is 12.8. The molecule has 2 N–H and O–H groups in total. The van der Waals surface area contributed by atoms with Gasteiger partial charge in [-0.25, -0.2) is 4.68 Å². The maximum absolute atomic E-state index is 6.03. The van der Waals surface area contributed by atoms with Crippen molar-refractivity contribution in [3.8, 4) is 12.5 Å². The topological polar surface area (TPSA) is 79.6 Å². The van der Waals surface area contributed by atoms with Crippen LogP contribution >= 0.6 is 0 Å². The van der Waals surface area contributed by atoms with Crippen LogP contribution in [0.2, 0.25) is 0 Å². The Bertz CT molecular complexity index is 678. The largest absolute Gasteiger partial charge is 0.459 e. The van der Waals surface area contributed by atoms with Crippen LogP contribution in [0.15, 0.2) is 11.2 Å². The molecule has 3 fully saturated rings. The third-order valence-corrected chi connectivity index (χ3v) is 4.54. The lowest BCUT2D eigenvalue weighted by Crippen LogP contribution is -2.52. The highest BCUT2D eigenvalue weighted by molar-refractivity contribution is 5.88. The van der Waals surface area contributed by atoms with Crippen molar-refractivity contribution in [3.05, 3.63) is 12.0 Å². The summed E-state index contributed by atoms with van der Waals surface area (Å²) in [4.78, 5) is 10.8. The molecular weight excluding hydrogens is 294 g/mol. The van der Waals surface area contributed by atoms with Gasteiger partial charge in [-0.05, 0) is 31.8 Å². The number of ether oxygens (including phenoxy) is 1. The van der Waals surface area contributed by atoms with Gasteiger partial charge in [0.25, 0.3) is 5.95 Å². The first-order chi connectivity index (χ1) is 11.3. The maximum atomic E-state index is 6.03. The van der Waals surface area contributed by atoms with Gasteiger partial charge in [0, 0.05) is 25.0 Å². The lowest BCUT2D eigenvalue weighted by Gasteiger charge is -2.44. The van der Waals surface area contributed by atoms with E-state index in [2.05, 4.69) is 36.7 Å². The molecule has 0 unspecified atom stereocenters. The number of nitrogens with one attached hydrogen (secondary N) is 2. The summed E-state index contributed by atoms with van der Waals surface area (Å²) in [5.74, 6) is 1.82.